The van der Waals surface area contributed by atoms with Crippen molar-refractivity contribution in [1.82, 2.24) is 10.2 Å². The average molecular weight is 314 g/mol. The van der Waals surface area contributed by atoms with Crippen molar-refractivity contribution in [1.29, 1.82) is 0 Å². The smallest absolute Gasteiger partial charge is 0.223 e. The largest absolute Gasteiger partial charge is 0.335 e. The lowest BCUT2D eigenvalue weighted by molar-refractivity contribution is -0.132. The van der Waals surface area contributed by atoms with E-state index in [-0.39, 0.29) is 0 Å². The highest BCUT2D eigenvalue weighted by Gasteiger charge is 2.32. The van der Waals surface area contributed by atoms with Gasteiger partial charge in [0.1, 0.15) is 0 Å². The van der Waals surface area contributed by atoms with Crippen LogP contribution in [0.3, 0.4) is 0 Å². The summed E-state index contributed by atoms with van der Waals surface area (Å²) in [6.07, 6.45) is 5.35. The van der Waals surface area contributed by atoms with E-state index < -0.39 is 0 Å². The molecular formula is C20H30N2O. The van der Waals surface area contributed by atoms with Crippen LogP contribution in [-0.4, -0.2) is 29.9 Å². The van der Waals surface area contributed by atoms with Gasteiger partial charge >= 0.3 is 0 Å². The molecule has 0 radical (unpaired) electrons. The molecule has 3 heteroatoms. The molecule has 1 aliphatic heterocycles. The van der Waals surface area contributed by atoms with E-state index in [1.54, 1.807) is 0 Å². The van der Waals surface area contributed by atoms with Gasteiger partial charge in [-0.25, -0.2) is 0 Å². The van der Waals surface area contributed by atoms with Crippen molar-refractivity contribution in [3.63, 3.8) is 0 Å². The molecule has 1 saturated carbocycles. The zero-order valence-electron chi connectivity index (χ0n) is 14.6. The van der Waals surface area contributed by atoms with Crippen LogP contribution in [0.2, 0.25) is 0 Å². The molecule has 23 heavy (non-hydrogen) atoms. The van der Waals surface area contributed by atoms with Crippen molar-refractivity contribution in [2.24, 2.45) is 5.92 Å². The Morgan fingerprint density at radius 1 is 1.22 bits per heavy atom. The predicted molar refractivity (Wildman–Crippen MR) is 94.3 cm³/mol. The molecule has 3 nitrogen and oxygen atoms in total. The normalized spacial score (nSPS) is 20.9. The average Bonchev–Trinajstić information content (AvgIpc) is 3.26. The number of carbonyl (C=O) groups is 1. The molecule has 1 amide bonds. The molecule has 1 aromatic rings. The second kappa shape index (κ2) is 7.48. The molecule has 0 spiro atoms. The maximum atomic E-state index is 12.7. The molecule has 1 unspecified atom stereocenters. The van der Waals surface area contributed by atoms with E-state index in [1.165, 1.54) is 30.4 Å². The molecule has 1 aromatic carbocycles. The van der Waals surface area contributed by atoms with E-state index in [2.05, 4.69) is 48.3 Å². The van der Waals surface area contributed by atoms with Crippen molar-refractivity contribution in [2.75, 3.05) is 13.1 Å². The van der Waals surface area contributed by atoms with Gasteiger partial charge in [-0.1, -0.05) is 38.1 Å². The Hall–Kier alpha value is -1.35. The van der Waals surface area contributed by atoms with Crippen LogP contribution in [0.1, 0.15) is 63.0 Å². The molecule has 0 aromatic heterocycles. The third-order valence-electron chi connectivity index (χ3n) is 5.24. The van der Waals surface area contributed by atoms with Crippen LogP contribution < -0.4 is 5.32 Å². The molecule has 1 saturated heterocycles. The lowest BCUT2D eigenvalue weighted by atomic mass is 10.0. The van der Waals surface area contributed by atoms with Crippen LogP contribution >= 0.6 is 0 Å². The number of amides is 1. The Morgan fingerprint density at radius 3 is 2.52 bits per heavy atom. The van der Waals surface area contributed by atoms with Gasteiger partial charge in [0.25, 0.3) is 0 Å². The van der Waals surface area contributed by atoms with Gasteiger partial charge in [-0.15, -0.1) is 0 Å². The van der Waals surface area contributed by atoms with Gasteiger partial charge in [-0.05, 0) is 61.7 Å². The van der Waals surface area contributed by atoms with Gasteiger partial charge in [0.2, 0.25) is 5.91 Å². The highest BCUT2D eigenvalue weighted by atomic mass is 16.2. The SMILES string of the molecule is CC(C)c1ccc(CN(C(=O)CCC2CCNC2)C2CC2)cc1. The van der Waals surface area contributed by atoms with Gasteiger partial charge in [0.05, 0.1) is 0 Å². The van der Waals surface area contributed by atoms with Crippen LogP contribution in [0, 0.1) is 5.92 Å². The van der Waals surface area contributed by atoms with E-state index in [0.29, 0.717) is 30.2 Å². The van der Waals surface area contributed by atoms with Gasteiger partial charge in [0, 0.05) is 19.0 Å². The molecule has 2 fully saturated rings. The van der Waals surface area contributed by atoms with E-state index in [4.69, 9.17) is 0 Å². The standard InChI is InChI=1S/C20H30N2O/c1-15(2)18-6-3-17(4-7-18)14-22(19-8-9-19)20(23)10-5-16-11-12-21-13-16/h3-4,6-7,15-16,19,21H,5,8-14H2,1-2H3. The van der Waals surface area contributed by atoms with Crippen LogP contribution in [0.15, 0.2) is 24.3 Å². The van der Waals surface area contributed by atoms with Crippen molar-refractivity contribution >= 4 is 5.91 Å². The Morgan fingerprint density at radius 2 is 1.96 bits per heavy atom. The molecule has 3 rings (SSSR count). The first kappa shape index (κ1) is 16.5. The first-order chi connectivity index (χ1) is 11.1. The first-order valence-electron chi connectivity index (χ1n) is 9.22. The number of nitrogens with one attached hydrogen (secondary N) is 1. The highest BCUT2D eigenvalue weighted by molar-refractivity contribution is 5.76. The second-order valence-electron chi connectivity index (χ2n) is 7.55. The van der Waals surface area contributed by atoms with Crippen LogP contribution in [0.5, 0.6) is 0 Å². The fraction of sp³-hybridized carbons (Fsp3) is 0.650. The molecule has 1 atom stereocenters. The van der Waals surface area contributed by atoms with Gasteiger partial charge in [-0.3, -0.25) is 4.79 Å². The zero-order chi connectivity index (χ0) is 16.2. The molecule has 1 N–H and O–H groups in total. The monoisotopic (exact) mass is 314 g/mol. The number of hydrogen-bond acceptors (Lipinski definition) is 2. The number of rotatable bonds is 7. The summed E-state index contributed by atoms with van der Waals surface area (Å²) in [7, 11) is 0. The molecule has 0 bridgehead atoms. The summed E-state index contributed by atoms with van der Waals surface area (Å²) in [6, 6.07) is 9.30. The maximum Gasteiger partial charge on any atom is 0.223 e. The summed E-state index contributed by atoms with van der Waals surface area (Å²) in [5.74, 6) is 1.61. The number of carbonyl (C=O) groups excluding carboxylic acids is 1. The topological polar surface area (TPSA) is 32.3 Å². The molecule has 1 heterocycles. The van der Waals surface area contributed by atoms with Crippen molar-refractivity contribution in [3.05, 3.63) is 35.4 Å². The summed E-state index contributed by atoms with van der Waals surface area (Å²) in [5.41, 5.74) is 2.63. The van der Waals surface area contributed by atoms with Gasteiger partial charge in [0.15, 0.2) is 0 Å². The fourth-order valence-electron chi connectivity index (χ4n) is 3.44. The van der Waals surface area contributed by atoms with E-state index in [9.17, 15) is 4.79 Å². The van der Waals surface area contributed by atoms with E-state index >= 15 is 0 Å². The minimum atomic E-state index is 0.354. The Balaban J connectivity index is 1.56. The van der Waals surface area contributed by atoms with Crippen LogP contribution in [0.4, 0.5) is 0 Å². The van der Waals surface area contributed by atoms with Crippen molar-refractivity contribution < 1.29 is 4.79 Å². The summed E-state index contributed by atoms with van der Waals surface area (Å²) in [5, 5.41) is 3.39. The molecule has 1 aliphatic carbocycles. The van der Waals surface area contributed by atoms with Crippen LogP contribution in [0.25, 0.3) is 0 Å². The maximum absolute atomic E-state index is 12.7. The lowest BCUT2D eigenvalue weighted by Crippen LogP contribution is -2.32. The van der Waals surface area contributed by atoms with E-state index in [0.717, 1.165) is 26.1 Å². The Labute approximate surface area is 140 Å². The molecular weight excluding hydrogens is 284 g/mol. The Kier molecular flexibility index (Phi) is 5.37. The van der Waals surface area contributed by atoms with E-state index in [1.807, 2.05) is 0 Å². The minimum Gasteiger partial charge on any atom is -0.335 e. The first-order valence-corrected chi connectivity index (χ1v) is 9.22. The quantitative estimate of drug-likeness (QED) is 0.832. The third-order valence-corrected chi connectivity index (χ3v) is 5.24. The van der Waals surface area contributed by atoms with Gasteiger partial charge in [-0.2, -0.15) is 0 Å². The summed E-state index contributed by atoms with van der Waals surface area (Å²) < 4.78 is 0. The van der Waals surface area contributed by atoms with Gasteiger partial charge < -0.3 is 10.2 Å². The molecule has 2 aliphatic rings. The third kappa shape index (κ3) is 4.57. The highest BCUT2D eigenvalue weighted by Crippen LogP contribution is 2.30. The summed E-state index contributed by atoms with van der Waals surface area (Å²) in [6.45, 7) is 7.42. The molecule has 126 valence electrons. The van der Waals surface area contributed by atoms with Crippen LogP contribution in [-0.2, 0) is 11.3 Å². The number of nitrogens with zero attached hydrogens (tertiary/aromatic N) is 1. The second-order valence-corrected chi connectivity index (χ2v) is 7.55. The van der Waals surface area contributed by atoms with Crippen molar-refractivity contribution in [2.45, 2.75) is 64.5 Å². The van der Waals surface area contributed by atoms with Crippen molar-refractivity contribution in [3.8, 4) is 0 Å². The Bertz CT molecular complexity index is 513. The summed E-state index contributed by atoms with van der Waals surface area (Å²) >= 11 is 0. The number of hydrogen-bond donors (Lipinski definition) is 1. The summed E-state index contributed by atoms with van der Waals surface area (Å²) in [4.78, 5) is 14.8. The predicted octanol–water partition coefficient (Wildman–Crippen LogP) is 3.69. The zero-order valence-corrected chi connectivity index (χ0v) is 14.6. The number of benzene rings is 1. The lowest BCUT2D eigenvalue weighted by Gasteiger charge is -2.23. The fourth-order valence-corrected chi connectivity index (χ4v) is 3.44. The minimum absolute atomic E-state index is 0.354.